The van der Waals surface area contributed by atoms with E-state index in [0.29, 0.717) is 11.8 Å². The van der Waals surface area contributed by atoms with Crippen LogP contribution in [0.25, 0.3) is 0 Å². The molecule has 0 aliphatic heterocycles. The maximum atomic E-state index is 10.0. The summed E-state index contributed by atoms with van der Waals surface area (Å²) in [7, 11) is 0. The molecule has 0 amide bonds. The Balaban J connectivity index is 1.76. The first-order valence-corrected chi connectivity index (χ1v) is 8.66. The van der Waals surface area contributed by atoms with Gasteiger partial charge in [0, 0.05) is 11.8 Å². The molecule has 21 heavy (non-hydrogen) atoms. The summed E-state index contributed by atoms with van der Waals surface area (Å²) >= 11 is 6.41. The number of benzene rings is 1. The molecular weight excluding hydrogens is 282 g/mol. The summed E-state index contributed by atoms with van der Waals surface area (Å²) in [5.41, 5.74) is 7.92. The Morgan fingerprint density at radius 3 is 2.29 bits per heavy atom. The molecule has 3 heteroatoms. The van der Waals surface area contributed by atoms with Gasteiger partial charge in [-0.2, -0.15) is 0 Å². The SMILES string of the molecule is NC(O)C1C2CC3(CCl)CC1CC(c1ccccc1)(C2)C3. The highest BCUT2D eigenvalue weighted by Crippen LogP contribution is 2.67. The lowest BCUT2D eigenvalue weighted by Crippen LogP contribution is -2.61. The zero-order valence-electron chi connectivity index (χ0n) is 12.3. The Bertz CT molecular complexity index is 513. The molecule has 1 aromatic carbocycles. The Kier molecular flexibility index (Phi) is 3.15. The van der Waals surface area contributed by atoms with Gasteiger partial charge < -0.3 is 10.8 Å². The van der Waals surface area contributed by atoms with Gasteiger partial charge in [0.25, 0.3) is 0 Å². The van der Waals surface area contributed by atoms with Crippen molar-refractivity contribution >= 4 is 11.6 Å². The summed E-state index contributed by atoms with van der Waals surface area (Å²) in [6.07, 6.45) is 5.20. The maximum Gasteiger partial charge on any atom is 0.105 e. The Hall–Kier alpha value is -0.570. The number of alkyl halides is 1. The zero-order valence-corrected chi connectivity index (χ0v) is 13.1. The van der Waals surface area contributed by atoms with Crippen LogP contribution in [0.2, 0.25) is 0 Å². The lowest BCUT2D eigenvalue weighted by atomic mass is 9.40. The molecule has 4 saturated carbocycles. The number of aliphatic hydroxyl groups excluding tert-OH is 1. The van der Waals surface area contributed by atoms with E-state index < -0.39 is 6.23 Å². The van der Waals surface area contributed by atoms with E-state index in [1.54, 1.807) is 0 Å². The minimum absolute atomic E-state index is 0.271. The monoisotopic (exact) mass is 305 g/mol. The topological polar surface area (TPSA) is 46.2 Å². The maximum absolute atomic E-state index is 10.0. The highest BCUT2D eigenvalue weighted by atomic mass is 35.5. The van der Waals surface area contributed by atoms with E-state index in [0.717, 1.165) is 18.7 Å². The molecule has 5 rings (SSSR count). The third-order valence-electron chi connectivity index (χ3n) is 6.56. The number of aliphatic hydroxyl groups is 1. The fourth-order valence-corrected chi connectivity index (χ4v) is 6.52. The molecule has 4 aliphatic rings. The third-order valence-corrected chi connectivity index (χ3v) is 7.13. The second-order valence-corrected chi connectivity index (χ2v) is 8.13. The van der Waals surface area contributed by atoms with Gasteiger partial charge in [-0.15, -0.1) is 11.6 Å². The quantitative estimate of drug-likeness (QED) is 0.665. The van der Waals surface area contributed by atoms with Gasteiger partial charge in [0.05, 0.1) is 0 Å². The molecule has 2 nitrogen and oxygen atoms in total. The van der Waals surface area contributed by atoms with Crippen molar-refractivity contribution in [2.45, 2.75) is 43.7 Å². The normalized spacial score (nSPS) is 45.8. The fourth-order valence-electron chi connectivity index (χ4n) is 6.21. The van der Waals surface area contributed by atoms with Crippen molar-refractivity contribution in [2.24, 2.45) is 28.9 Å². The van der Waals surface area contributed by atoms with Crippen LogP contribution in [0.1, 0.15) is 37.7 Å². The van der Waals surface area contributed by atoms with E-state index in [-0.39, 0.29) is 16.7 Å². The van der Waals surface area contributed by atoms with Gasteiger partial charge in [-0.1, -0.05) is 30.3 Å². The lowest BCUT2D eigenvalue weighted by Gasteiger charge is -2.65. The number of rotatable bonds is 3. The number of halogens is 1. The minimum atomic E-state index is -0.666. The molecule has 0 spiro atoms. The summed E-state index contributed by atoms with van der Waals surface area (Å²) in [5, 5.41) is 10.0. The van der Waals surface area contributed by atoms with E-state index in [4.69, 9.17) is 17.3 Å². The van der Waals surface area contributed by atoms with E-state index in [9.17, 15) is 5.11 Å². The van der Waals surface area contributed by atoms with E-state index in [2.05, 4.69) is 30.3 Å². The van der Waals surface area contributed by atoms with Crippen molar-refractivity contribution < 1.29 is 5.11 Å². The highest BCUT2D eigenvalue weighted by molar-refractivity contribution is 6.18. The Morgan fingerprint density at radius 1 is 1.14 bits per heavy atom. The van der Waals surface area contributed by atoms with Crippen molar-refractivity contribution in [3.63, 3.8) is 0 Å². The second kappa shape index (κ2) is 4.71. The van der Waals surface area contributed by atoms with Gasteiger partial charge in [0.15, 0.2) is 0 Å². The van der Waals surface area contributed by atoms with Crippen LogP contribution in [0.3, 0.4) is 0 Å². The first-order chi connectivity index (χ1) is 10.1. The molecule has 4 fully saturated rings. The predicted octanol–water partition coefficient (Wildman–Crippen LogP) is 3.27. The van der Waals surface area contributed by atoms with Gasteiger partial charge in [-0.3, -0.25) is 0 Å². The first-order valence-electron chi connectivity index (χ1n) is 8.13. The molecule has 0 radical (unpaired) electrons. The number of nitrogens with two attached hydrogens (primary N) is 1. The van der Waals surface area contributed by atoms with Crippen molar-refractivity contribution in [1.29, 1.82) is 0 Å². The molecule has 3 unspecified atom stereocenters. The molecule has 1 aromatic rings. The van der Waals surface area contributed by atoms with Crippen LogP contribution in [0, 0.1) is 23.2 Å². The molecule has 3 N–H and O–H groups in total. The van der Waals surface area contributed by atoms with Gasteiger partial charge in [-0.05, 0) is 60.3 Å². The summed E-state index contributed by atoms with van der Waals surface area (Å²) in [6.45, 7) is 0. The van der Waals surface area contributed by atoms with Crippen molar-refractivity contribution in [1.82, 2.24) is 0 Å². The summed E-state index contributed by atoms with van der Waals surface area (Å²) in [6, 6.07) is 11.0. The largest absolute Gasteiger partial charge is 0.379 e. The average molecular weight is 306 g/mol. The predicted molar refractivity (Wildman–Crippen MR) is 85.0 cm³/mol. The molecule has 0 heterocycles. The molecule has 0 aromatic heterocycles. The van der Waals surface area contributed by atoms with Crippen LogP contribution in [0.4, 0.5) is 0 Å². The summed E-state index contributed by atoms with van der Waals surface area (Å²) in [4.78, 5) is 0. The third kappa shape index (κ3) is 1.99. The fraction of sp³-hybridized carbons (Fsp3) is 0.667. The van der Waals surface area contributed by atoms with Gasteiger partial charge in [0.1, 0.15) is 6.23 Å². The molecular formula is C18H24ClNO. The van der Waals surface area contributed by atoms with Crippen LogP contribution in [-0.4, -0.2) is 17.2 Å². The average Bonchev–Trinajstić information content (AvgIpc) is 2.47. The van der Waals surface area contributed by atoms with Crippen molar-refractivity contribution in [2.75, 3.05) is 5.88 Å². The lowest BCUT2D eigenvalue weighted by molar-refractivity contribution is -0.134. The Labute approximate surface area is 131 Å². The van der Waals surface area contributed by atoms with Gasteiger partial charge >= 0.3 is 0 Å². The summed E-state index contributed by atoms with van der Waals surface area (Å²) in [5.74, 6) is 2.09. The van der Waals surface area contributed by atoms with E-state index in [1.807, 2.05) is 0 Å². The zero-order chi connectivity index (χ0) is 14.7. The van der Waals surface area contributed by atoms with Crippen LogP contribution in [0.5, 0.6) is 0 Å². The summed E-state index contributed by atoms with van der Waals surface area (Å²) < 4.78 is 0. The molecule has 0 saturated heterocycles. The van der Waals surface area contributed by atoms with E-state index >= 15 is 0 Å². The number of hydrogen-bond acceptors (Lipinski definition) is 2. The second-order valence-electron chi connectivity index (χ2n) is 7.86. The van der Waals surface area contributed by atoms with Crippen molar-refractivity contribution in [3.05, 3.63) is 35.9 Å². The Morgan fingerprint density at radius 2 is 1.76 bits per heavy atom. The highest BCUT2D eigenvalue weighted by Gasteiger charge is 2.61. The van der Waals surface area contributed by atoms with Crippen LogP contribution < -0.4 is 5.73 Å². The van der Waals surface area contributed by atoms with Crippen molar-refractivity contribution in [3.8, 4) is 0 Å². The van der Waals surface area contributed by atoms with Crippen LogP contribution >= 0.6 is 11.6 Å². The number of hydrogen-bond donors (Lipinski definition) is 2. The molecule has 4 aliphatic carbocycles. The first kappa shape index (κ1) is 14.0. The molecule has 114 valence electrons. The van der Waals surface area contributed by atoms with Crippen LogP contribution in [-0.2, 0) is 5.41 Å². The van der Waals surface area contributed by atoms with Crippen LogP contribution in [0.15, 0.2) is 30.3 Å². The molecule has 4 bridgehead atoms. The van der Waals surface area contributed by atoms with E-state index in [1.165, 1.54) is 24.8 Å². The van der Waals surface area contributed by atoms with Gasteiger partial charge in [-0.25, -0.2) is 0 Å². The van der Waals surface area contributed by atoms with Gasteiger partial charge in [0.2, 0.25) is 0 Å². The standard InChI is InChI=1S/C18H24ClNO/c19-11-17-6-12-8-18(10-17,14-4-2-1-3-5-14)9-13(7-17)15(12)16(20)21/h1-5,12-13,15-16,21H,6-11,20H2. The smallest absolute Gasteiger partial charge is 0.105 e. The minimum Gasteiger partial charge on any atom is -0.379 e. The molecule has 3 atom stereocenters.